The molecule has 7 nitrogen and oxygen atoms in total. The van der Waals surface area contributed by atoms with Gasteiger partial charge in [0.2, 0.25) is 0 Å². The number of phenolic OH excluding ortho intramolecular Hbond substituents is 1. The first-order valence-electron chi connectivity index (χ1n) is 9.35. The molecule has 0 unspecified atom stereocenters. The van der Waals surface area contributed by atoms with Gasteiger partial charge >= 0.3 is 0 Å². The van der Waals surface area contributed by atoms with Crippen LogP contribution in [-0.4, -0.2) is 50.3 Å². The second-order valence-electron chi connectivity index (χ2n) is 6.05. The molecule has 0 fully saturated rings. The third kappa shape index (κ3) is 6.83. The zero-order valence-corrected chi connectivity index (χ0v) is 16.4. The lowest BCUT2D eigenvalue weighted by atomic mass is 10.1. The van der Waals surface area contributed by atoms with Crippen LogP contribution >= 0.6 is 0 Å². The fraction of sp³-hybridized carbons (Fsp3) is 0.333. The number of aromatic hydroxyl groups is 1. The number of hydrogen-bond acceptors (Lipinski definition) is 4. The zero-order chi connectivity index (χ0) is 20.2. The Kier molecular flexibility index (Phi) is 8.65. The normalized spacial score (nSPS) is 11.0. The van der Waals surface area contributed by atoms with Crippen molar-refractivity contribution < 1.29 is 14.6 Å². The molecule has 7 heteroatoms. The van der Waals surface area contributed by atoms with Gasteiger partial charge in [-0.25, -0.2) is 0 Å². The summed E-state index contributed by atoms with van der Waals surface area (Å²) in [6, 6.07) is 14.1. The Morgan fingerprint density at radius 3 is 2.46 bits per heavy atom. The summed E-state index contributed by atoms with van der Waals surface area (Å²) >= 11 is 0. The van der Waals surface area contributed by atoms with Gasteiger partial charge in [0.05, 0.1) is 7.11 Å². The van der Waals surface area contributed by atoms with Crippen molar-refractivity contribution in [3.63, 3.8) is 0 Å². The van der Waals surface area contributed by atoms with Gasteiger partial charge in [-0.05, 0) is 49.2 Å². The van der Waals surface area contributed by atoms with E-state index < -0.39 is 0 Å². The lowest BCUT2D eigenvalue weighted by Gasteiger charge is -2.12. The number of carbonyl (C=O) groups excluding carboxylic acids is 1. The van der Waals surface area contributed by atoms with Crippen molar-refractivity contribution in [3.05, 3.63) is 59.7 Å². The van der Waals surface area contributed by atoms with Gasteiger partial charge < -0.3 is 25.8 Å². The van der Waals surface area contributed by atoms with E-state index >= 15 is 0 Å². The Labute approximate surface area is 165 Å². The quantitative estimate of drug-likeness (QED) is 0.301. The number of rotatable bonds is 9. The summed E-state index contributed by atoms with van der Waals surface area (Å²) in [5.74, 6) is 1.53. The number of nitrogens with zero attached hydrogens (tertiary/aromatic N) is 1. The Balaban J connectivity index is 1.77. The lowest BCUT2D eigenvalue weighted by molar-refractivity contribution is 0.0954. The highest BCUT2D eigenvalue weighted by Crippen LogP contribution is 2.17. The van der Waals surface area contributed by atoms with Crippen molar-refractivity contribution in [2.24, 2.45) is 4.99 Å². The molecule has 0 heterocycles. The van der Waals surface area contributed by atoms with E-state index in [2.05, 4.69) is 20.9 Å². The Bertz CT molecular complexity index is 775. The van der Waals surface area contributed by atoms with E-state index in [4.69, 9.17) is 4.74 Å². The zero-order valence-electron chi connectivity index (χ0n) is 16.4. The number of hydrogen-bond donors (Lipinski definition) is 4. The van der Waals surface area contributed by atoms with E-state index in [0.29, 0.717) is 31.2 Å². The summed E-state index contributed by atoms with van der Waals surface area (Å²) in [5.41, 5.74) is 1.63. The van der Waals surface area contributed by atoms with E-state index in [9.17, 15) is 9.90 Å². The number of carbonyl (C=O) groups is 1. The number of guanidine groups is 1. The lowest BCUT2D eigenvalue weighted by Crippen LogP contribution is -2.41. The van der Waals surface area contributed by atoms with Crippen LogP contribution in [-0.2, 0) is 6.42 Å². The van der Waals surface area contributed by atoms with E-state index in [-0.39, 0.29) is 11.7 Å². The molecule has 2 aromatic rings. The van der Waals surface area contributed by atoms with Crippen molar-refractivity contribution in [1.29, 1.82) is 0 Å². The fourth-order valence-electron chi connectivity index (χ4n) is 2.61. The van der Waals surface area contributed by atoms with Gasteiger partial charge in [0, 0.05) is 31.7 Å². The van der Waals surface area contributed by atoms with Gasteiger partial charge in [0.1, 0.15) is 11.5 Å². The SMILES string of the molecule is CCNC(=NCCc1ccccc1OC)NCCNC(=O)c1ccc(O)cc1. The van der Waals surface area contributed by atoms with Crippen LogP contribution < -0.4 is 20.7 Å². The number of nitrogens with one attached hydrogen (secondary N) is 3. The Morgan fingerprint density at radius 1 is 1.04 bits per heavy atom. The van der Waals surface area contributed by atoms with Crippen LogP contribution in [0.5, 0.6) is 11.5 Å². The Morgan fingerprint density at radius 2 is 1.75 bits per heavy atom. The van der Waals surface area contributed by atoms with Crippen LogP contribution in [0.3, 0.4) is 0 Å². The van der Waals surface area contributed by atoms with Crippen molar-refractivity contribution in [3.8, 4) is 11.5 Å². The molecule has 2 rings (SSSR count). The van der Waals surface area contributed by atoms with Crippen molar-refractivity contribution in [2.45, 2.75) is 13.3 Å². The molecule has 0 aliphatic carbocycles. The van der Waals surface area contributed by atoms with Crippen molar-refractivity contribution in [2.75, 3.05) is 33.3 Å². The molecule has 0 atom stereocenters. The smallest absolute Gasteiger partial charge is 0.251 e. The summed E-state index contributed by atoms with van der Waals surface area (Å²) in [5, 5.41) is 18.5. The highest BCUT2D eigenvalue weighted by Gasteiger charge is 2.05. The summed E-state index contributed by atoms with van der Waals surface area (Å²) in [4.78, 5) is 16.6. The highest BCUT2D eigenvalue weighted by atomic mass is 16.5. The third-order valence-corrected chi connectivity index (χ3v) is 4.02. The predicted octanol–water partition coefficient (Wildman–Crippen LogP) is 1.93. The van der Waals surface area contributed by atoms with Crippen molar-refractivity contribution >= 4 is 11.9 Å². The minimum absolute atomic E-state index is 0.137. The van der Waals surface area contributed by atoms with E-state index in [1.807, 2.05) is 31.2 Å². The fourth-order valence-corrected chi connectivity index (χ4v) is 2.61. The maximum absolute atomic E-state index is 12.0. The number of phenols is 1. The van der Waals surface area contributed by atoms with Crippen LogP contribution in [0.4, 0.5) is 0 Å². The first-order chi connectivity index (χ1) is 13.6. The van der Waals surface area contributed by atoms with E-state index in [0.717, 1.165) is 24.3 Å². The maximum Gasteiger partial charge on any atom is 0.251 e. The highest BCUT2D eigenvalue weighted by molar-refractivity contribution is 5.94. The van der Waals surface area contributed by atoms with E-state index in [1.54, 1.807) is 19.2 Å². The number of methoxy groups -OCH3 is 1. The van der Waals surface area contributed by atoms with Gasteiger partial charge in [-0.15, -0.1) is 0 Å². The van der Waals surface area contributed by atoms with Crippen molar-refractivity contribution in [1.82, 2.24) is 16.0 Å². The number of ether oxygens (including phenoxy) is 1. The van der Waals surface area contributed by atoms with Crippen LogP contribution in [0.2, 0.25) is 0 Å². The third-order valence-electron chi connectivity index (χ3n) is 4.02. The molecule has 28 heavy (non-hydrogen) atoms. The van der Waals surface area contributed by atoms with Gasteiger partial charge in [0.15, 0.2) is 5.96 Å². The van der Waals surface area contributed by atoms with Crippen LogP contribution in [0.1, 0.15) is 22.8 Å². The molecule has 4 N–H and O–H groups in total. The molecule has 0 bridgehead atoms. The molecule has 0 radical (unpaired) electrons. The number of aliphatic imine (C=N–C) groups is 1. The molecule has 0 aromatic heterocycles. The summed E-state index contributed by atoms with van der Waals surface area (Å²) in [6.07, 6.45) is 0.776. The average molecular weight is 384 g/mol. The Hall–Kier alpha value is -3.22. The monoisotopic (exact) mass is 384 g/mol. The van der Waals surface area contributed by atoms with Crippen LogP contribution in [0, 0.1) is 0 Å². The maximum atomic E-state index is 12.0. The summed E-state index contributed by atoms with van der Waals surface area (Å²) < 4.78 is 5.36. The first kappa shape index (κ1) is 21.1. The van der Waals surface area contributed by atoms with Gasteiger partial charge in [-0.3, -0.25) is 9.79 Å². The molecule has 0 spiro atoms. The van der Waals surface area contributed by atoms with Crippen LogP contribution in [0.25, 0.3) is 0 Å². The topological polar surface area (TPSA) is 95.0 Å². The molecular formula is C21H28N4O3. The summed E-state index contributed by atoms with van der Waals surface area (Å²) in [6.45, 7) is 4.38. The largest absolute Gasteiger partial charge is 0.508 e. The molecule has 1 amide bonds. The predicted molar refractivity (Wildman–Crippen MR) is 111 cm³/mol. The van der Waals surface area contributed by atoms with Gasteiger partial charge in [-0.1, -0.05) is 18.2 Å². The molecule has 0 aliphatic heterocycles. The number of amides is 1. The molecule has 2 aromatic carbocycles. The minimum atomic E-state index is -0.181. The molecule has 0 saturated carbocycles. The second kappa shape index (κ2) is 11.5. The van der Waals surface area contributed by atoms with Gasteiger partial charge in [-0.2, -0.15) is 0 Å². The minimum Gasteiger partial charge on any atom is -0.508 e. The molecule has 0 saturated heterocycles. The van der Waals surface area contributed by atoms with Crippen LogP contribution in [0.15, 0.2) is 53.5 Å². The van der Waals surface area contributed by atoms with Gasteiger partial charge in [0.25, 0.3) is 5.91 Å². The van der Waals surface area contributed by atoms with E-state index in [1.165, 1.54) is 12.1 Å². The second-order valence-corrected chi connectivity index (χ2v) is 6.05. The molecular weight excluding hydrogens is 356 g/mol. The standard InChI is InChI=1S/C21H28N4O3/c1-3-22-21(24-13-12-16-6-4-5-7-19(16)28-2)25-15-14-23-20(27)17-8-10-18(26)11-9-17/h4-11,26H,3,12-15H2,1-2H3,(H,23,27)(H2,22,24,25). The summed E-state index contributed by atoms with van der Waals surface area (Å²) in [7, 11) is 1.67. The number of benzene rings is 2. The first-order valence-corrected chi connectivity index (χ1v) is 9.35. The molecule has 0 aliphatic rings. The number of para-hydroxylation sites is 1. The average Bonchev–Trinajstić information content (AvgIpc) is 2.71. The molecule has 150 valence electrons.